The lowest BCUT2D eigenvalue weighted by atomic mass is 9.96. The molecule has 0 radical (unpaired) electrons. The Balaban J connectivity index is 1.88. The molecule has 1 heterocycles. The maximum atomic E-state index is 4.36. The number of rotatable bonds is 6. The van der Waals surface area contributed by atoms with Gasteiger partial charge in [-0.3, -0.25) is 4.68 Å². The van der Waals surface area contributed by atoms with E-state index < -0.39 is 0 Å². The third kappa shape index (κ3) is 3.32. The SMILES string of the molecule is CCCNC1CCCC1Cc1cnn(CC)c1. The highest BCUT2D eigenvalue weighted by Gasteiger charge is 2.26. The molecule has 2 atom stereocenters. The summed E-state index contributed by atoms with van der Waals surface area (Å²) < 4.78 is 2.03. The first kappa shape index (κ1) is 12.6. The molecule has 1 fully saturated rings. The second-order valence-electron chi connectivity index (χ2n) is 5.16. The molecule has 1 saturated carbocycles. The van der Waals surface area contributed by atoms with Crippen molar-refractivity contribution in [3.05, 3.63) is 18.0 Å². The predicted octanol–water partition coefficient (Wildman–Crippen LogP) is 2.61. The standard InChI is InChI=1S/C14H25N3/c1-3-8-15-14-7-5-6-13(14)9-12-10-16-17(4-2)11-12/h10-11,13-15H,3-9H2,1-2H3. The highest BCUT2D eigenvalue weighted by molar-refractivity contribution is 5.07. The Kier molecular flexibility index (Phi) is 4.60. The third-order valence-electron chi connectivity index (χ3n) is 3.82. The number of hydrogen-bond acceptors (Lipinski definition) is 2. The van der Waals surface area contributed by atoms with Crippen molar-refractivity contribution in [2.45, 2.75) is 58.5 Å². The lowest BCUT2D eigenvalue weighted by Crippen LogP contribution is -2.33. The van der Waals surface area contributed by atoms with Crippen LogP contribution in [0.5, 0.6) is 0 Å². The summed E-state index contributed by atoms with van der Waals surface area (Å²) in [5, 5.41) is 8.06. The first-order chi connectivity index (χ1) is 8.33. The summed E-state index contributed by atoms with van der Waals surface area (Å²) in [5.74, 6) is 0.816. The van der Waals surface area contributed by atoms with Crippen molar-refractivity contribution in [3.8, 4) is 0 Å². The molecule has 2 rings (SSSR count). The van der Waals surface area contributed by atoms with Gasteiger partial charge in [-0.25, -0.2) is 0 Å². The van der Waals surface area contributed by atoms with Crippen LogP contribution < -0.4 is 5.32 Å². The van der Waals surface area contributed by atoms with Crippen molar-refractivity contribution in [1.29, 1.82) is 0 Å². The maximum absolute atomic E-state index is 4.36. The van der Waals surface area contributed by atoms with Crippen molar-refractivity contribution in [3.63, 3.8) is 0 Å². The van der Waals surface area contributed by atoms with E-state index in [1.165, 1.54) is 37.7 Å². The third-order valence-corrected chi connectivity index (χ3v) is 3.82. The van der Waals surface area contributed by atoms with Gasteiger partial charge in [-0.1, -0.05) is 13.3 Å². The molecule has 1 aliphatic carbocycles. The van der Waals surface area contributed by atoms with Gasteiger partial charge in [0.2, 0.25) is 0 Å². The van der Waals surface area contributed by atoms with E-state index in [0.29, 0.717) is 0 Å². The van der Waals surface area contributed by atoms with Crippen LogP contribution in [0.3, 0.4) is 0 Å². The maximum Gasteiger partial charge on any atom is 0.0521 e. The van der Waals surface area contributed by atoms with E-state index in [1.54, 1.807) is 0 Å². The van der Waals surface area contributed by atoms with Gasteiger partial charge < -0.3 is 5.32 Å². The zero-order valence-corrected chi connectivity index (χ0v) is 11.2. The van der Waals surface area contributed by atoms with Crippen molar-refractivity contribution in [2.75, 3.05) is 6.54 Å². The molecule has 1 aromatic heterocycles. The fourth-order valence-electron chi connectivity index (χ4n) is 2.87. The van der Waals surface area contributed by atoms with Gasteiger partial charge >= 0.3 is 0 Å². The van der Waals surface area contributed by atoms with Crippen molar-refractivity contribution in [1.82, 2.24) is 15.1 Å². The molecule has 1 aromatic rings. The Morgan fingerprint density at radius 2 is 2.29 bits per heavy atom. The second kappa shape index (κ2) is 6.20. The summed E-state index contributed by atoms with van der Waals surface area (Å²) >= 11 is 0. The number of aryl methyl sites for hydroxylation is 1. The molecule has 1 aliphatic rings. The van der Waals surface area contributed by atoms with Crippen molar-refractivity contribution in [2.24, 2.45) is 5.92 Å². The van der Waals surface area contributed by atoms with Gasteiger partial charge in [-0.15, -0.1) is 0 Å². The highest BCUT2D eigenvalue weighted by atomic mass is 15.3. The van der Waals surface area contributed by atoms with Crippen LogP contribution in [0.15, 0.2) is 12.4 Å². The predicted molar refractivity (Wildman–Crippen MR) is 71.0 cm³/mol. The molecule has 96 valence electrons. The van der Waals surface area contributed by atoms with E-state index in [-0.39, 0.29) is 0 Å². The Hall–Kier alpha value is -0.830. The van der Waals surface area contributed by atoms with E-state index in [4.69, 9.17) is 0 Å². The first-order valence-electron chi connectivity index (χ1n) is 7.08. The van der Waals surface area contributed by atoms with E-state index in [9.17, 15) is 0 Å². The molecule has 0 aliphatic heterocycles. The van der Waals surface area contributed by atoms with Crippen molar-refractivity contribution >= 4 is 0 Å². The highest BCUT2D eigenvalue weighted by Crippen LogP contribution is 2.28. The summed E-state index contributed by atoms with van der Waals surface area (Å²) in [7, 11) is 0. The summed E-state index contributed by atoms with van der Waals surface area (Å²) in [6.45, 7) is 6.51. The van der Waals surface area contributed by atoms with Gasteiger partial charge in [0.15, 0.2) is 0 Å². The quantitative estimate of drug-likeness (QED) is 0.821. The monoisotopic (exact) mass is 235 g/mol. The molecular formula is C14H25N3. The number of aromatic nitrogens is 2. The minimum atomic E-state index is 0.736. The molecule has 0 amide bonds. The Morgan fingerprint density at radius 3 is 3.00 bits per heavy atom. The molecule has 0 saturated heterocycles. The molecule has 3 nitrogen and oxygen atoms in total. The number of hydrogen-bond donors (Lipinski definition) is 1. The minimum Gasteiger partial charge on any atom is -0.314 e. The van der Waals surface area contributed by atoms with Crippen LogP contribution in [0.25, 0.3) is 0 Å². The zero-order valence-electron chi connectivity index (χ0n) is 11.2. The van der Waals surface area contributed by atoms with Gasteiger partial charge in [-0.05, 0) is 50.6 Å². The van der Waals surface area contributed by atoms with Crippen LogP contribution >= 0.6 is 0 Å². The molecule has 0 spiro atoms. The molecule has 2 unspecified atom stereocenters. The fourth-order valence-corrected chi connectivity index (χ4v) is 2.87. The second-order valence-corrected chi connectivity index (χ2v) is 5.16. The lowest BCUT2D eigenvalue weighted by molar-refractivity contribution is 0.399. The van der Waals surface area contributed by atoms with Gasteiger partial charge in [-0.2, -0.15) is 5.10 Å². The summed E-state index contributed by atoms with van der Waals surface area (Å²) in [5.41, 5.74) is 1.40. The largest absolute Gasteiger partial charge is 0.314 e. The van der Waals surface area contributed by atoms with Gasteiger partial charge in [0.25, 0.3) is 0 Å². The molecule has 0 aromatic carbocycles. The molecular weight excluding hydrogens is 210 g/mol. The van der Waals surface area contributed by atoms with Crippen LogP contribution in [-0.4, -0.2) is 22.4 Å². The van der Waals surface area contributed by atoms with Crippen LogP contribution in [0.2, 0.25) is 0 Å². The molecule has 1 N–H and O–H groups in total. The van der Waals surface area contributed by atoms with Crippen LogP contribution in [0.4, 0.5) is 0 Å². The van der Waals surface area contributed by atoms with E-state index >= 15 is 0 Å². The minimum absolute atomic E-state index is 0.736. The number of nitrogens with one attached hydrogen (secondary N) is 1. The zero-order chi connectivity index (χ0) is 12.1. The number of nitrogens with zero attached hydrogens (tertiary/aromatic N) is 2. The topological polar surface area (TPSA) is 29.9 Å². The summed E-state index contributed by atoms with van der Waals surface area (Å²) in [6, 6.07) is 0.736. The van der Waals surface area contributed by atoms with Gasteiger partial charge in [0.1, 0.15) is 0 Å². The van der Waals surface area contributed by atoms with Crippen LogP contribution in [0.1, 0.15) is 45.1 Å². The smallest absolute Gasteiger partial charge is 0.0521 e. The average molecular weight is 235 g/mol. The lowest BCUT2D eigenvalue weighted by Gasteiger charge is -2.20. The normalized spacial score (nSPS) is 24.4. The molecule has 17 heavy (non-hydrogen) atoms. The fraction of sp³-hybridized carbons (Fsp3) is 0.786. The molecule has 3 heteroatoms. The Labute approximate surface area is 105 Å². The van der Waals surface area contributed by atoms with Crippen molar-refractivity contribution < 1.29 is 0 Å². The molecule has 0 bridgehead atoms. The van der Waals surface area contributed by atoms with E-state index in [2.05, 4.69) is 30.5 Å². The summed E-state index contributed by atoms with van der Waals surface area (Å²) in [4.78, 5) is 0. The van der Waals surface area contributed by atoms with E-state index in [0.717, 1.165) is 25.0 Å². The Morgan fingerprint density at radius 1 is 1.41 bits per heavy atom. The summed E-state index contributed by atoms with van der Waals surface area (Å²) in [6.07, 6.45) is 10.8. The van der Waals surface area contributed by atoms with E-state index in [1.807, 2.05) is 10.9 Å². The first-order valence-corrected chi connectivity index (χ1v) is 7.08. The average Bonchev–Trinajstić information content (AvgIpc) is 2.96. The van der Waals surface area contributed by atoms with Gasteiger partial charge in [0.05, 0.1) is 6.20 Å². The van der Waals surface area contributed by atoms with Gasteiger partial charge in [0, 0.05) is 18.8 Å². The Bertz CT molecular complexity index is 332. The van der Waals surface area contributed by atoms with Crippen LogP contribution in [0, 0.1) is 5.92 Å². The van der Waals surface area contributed by atoms with Crippen LogP contribution in [-0.2, 0) is 13.0 Å².